The molecule has 15 heteroatoms. The van der Waals surface area contributed by atoms with E-state index in [-0.39, 0.29) is 17.9 Å². The number of nitrogens with one attached hydrogen (secondary N) is 1. The number of pyridine rings is 1. The van der Waals surface area contributed by atoms with E-state index in [9.17, 15) is 31.1 Å². The molecule has 0 aromatic carbocycles. The molecule has 1 aliphatic carbocycles. The van der Waals surface area contributed by atoms with Crippen molar-refractivity contribution in [2.45, 2.75) is 50.7 Å². The van der Waals surface area contributed by atoms with E-state index in [1.54, 1.807) is 6.20 Å². The van der Waals surface area contributed by atoms with E-state index < -0.39 is 24.3 Å². The Kier molecular flexibility index (Phi) is 11.3. The molecule has 9 nitrogen and oxygen atoms in total. The molecule has 1 amide bonds. The Morgan fingerprint density at radius 2 is 1.63 bits per heavy atom. The largest absolute Gasteiger partial charge is 0.490 e. The lowest BCUT2D eigenvalue weighted by atomic mass is 9.80. The van der Waals surface area contributed by atoms with Gasteiger partial charge in [0, 0.05) is 51.1 Å². The van der Waals surface area contributed by atoms with E-state index in [0.29, 0.717) is 12.5 Å². The second kappa shape index (κ2) is 13.7. The summed E-state index contributed by atoms with van der Waals surface area (Å²) in [7, 11) is 0. The van der Waals surface area contributed by atoms with Crippen molar-refractivity contribution >= 4 is 17.8 Å². The van der Waals surface area contributed by atoms with Gasteiger partial charge in [-0.2, -0.15) is 26.3 Å². The van der Waals surface area contributed by atoms with Crippen LogP contribution in [0.2, 0.25) is 0 Å². The fourth-order valence-corrected chi connectivity index (χ4v) is 4.35. The number of aromatic nitrogens is 1. The smallest absolute Gasteiger partial charge is 0.475 e. The molecule has 4 rings (SSSR count). The fourth-order valence-electron chi connectivity index (χ4n) is 4.35. The number of rotatable bonds is 5. The van der Waals surface area contributed by atoms with Crippen LogP contribution in [0, 0.1) is 17.8 Å². The second-order valence-corrected chi connectivity index (χ2v) is 9.17. The topological polar surface area (TPSA) is 129 Å². The van der Waals surface area contributed by atoms with Gasteiger partial charge in [0.15, 0.2) is 0 Å². The summed E-state index contributed by atoms with van der Waals surface area (Å²) >= 11 is 0. The van der Waals surface area contributed by atoms with Crippen molar-refractivity contribution in [3.05, 3.63) is 30.1 Å². The number of likely N-dealkylation sites (tertiary alicyclic amines) is 1. The minimum absolute atomic E-state index is 0.0583. The molecule has 3 N–H and O–H groups in total. The number of carbonyl (C=O) groups excluding carboxylic acids is 1. The molecule has 1 aromatic rings. The van der Waals surface area contributed by atoms with Crippen molar-refractivity contribution in [2.75, 3.05) is 26.2 Å². The Labute approximate surface area is 214 Å². The van der Waals surface area contributed by atoms with Gasteiger partial charge in [-0.3, -0.25) is 14.7 Å². The third-order valence-electron chi connectivity index (χ3n) is 6.42. The lowest BCUT2D eigenvalue weighted by molar-refractivity contribution is -0.193. The zero-order chi connectivity index (χ0) is 28.5. The van der Waals surface area contributed by atoms with Gasteiger partial charge in [-0.15, -0.1) is 0 Å². The van der Waals surface area contributed by atoms with Crippen LogP contribution < -0.4 is 5.32 Å². The number of hydrogen-bond donors (Lipinski definition) is 3. The monoisotopic (exact) mass is 557 g/mol. The maximum Gasteiger partial charge on any atom is 0.490 e. The summed E-state index contributed by atoms with van der Waals surface area (Å²) in [4.78, 5) is 37.2. The van der Waals surface area contributed by atoms with Crippen molar-refractivity contribution in [2.24, 2.45) is 17.8 Å². The van der Waals surface area contributed by atoms with Crippen LogP contribution in [0.5, 0.6) is 0 Å². The second-order valence-electron chi connectivity index (χ2n) is 9.17. The number of hydrogen-bond acceptors (Lipinski definition) is 6. The third-order valence-corrected chi connectivity index (χ3v) is 6.42. The number of carbonyl (C=O) groups is 3. The summed E-state index contributed by atoms with van der Waals surface area (Å²) in [5.74, 6) is -4.06. The van der Waals surface area contributed by atoms with Crippen LogP contribution >= 0.6 is 0 Å². The molecule has 0 radical (unpaired) electrons. The summed E-state index contributed by atoms with van der Waals surface area (Å²) in [6, 6.07) is 3.90. The number of amides is 1. The van der Waals surface area contributed by atoms with Crippen molar-refractivity contribution < 1.29 is 55.7 Å². The molecular weight excluding hydrogens is 528 g/mol. The van der Waals surface area contributed by atoms with Gasteiger partial charge in [-0.25, -0.2) is 9.59 Å². The highest BCUT2D eigenvalue weighted by atomic mass is 19.4. The molecule has 3 aliphatic rings. The van der Waals surface area contributed by atoms with Crippen LogP contribution in [0.4, 0.5) is 26.3 Å². The Hall–Kier alpha value is -2.94. The highest BCUT2D eigenvalue weighted by molar-refractivity contribution is 5.79. The lowest BCUT2D eigenvalue weighted by Gasteiger charge is -2.42. The van der Waals surface area contributed by atoms with Gasteiger partial charge >= 0.3 is 24.3 Å². The average Bonchev–Trinajstić information content (AvgIpc) is 3.28. The van der Waals surface area contributed by atoms with E-state index in [1.807, 2.05) is 18.3 Å². The zero-order valence-electron chi connectivity index (χ0n) is 20.2. The number of alkyl halides is 6. The number of aliphatic carboxylic acids is 2. The van der Waals surface area contributed by atoms with E-state index in [4.69, 9.17) is 24.5 Å². The zero-order valence-corrected chi connectivity index (χ0v) is 20.2. The first kappa shape index (κ1) is 31.3. The van der Waals surface area contributed by atoms with Crippen molar-refractivity contribution in [3.8, 4) is 0 Å². The minimum atomic E-state index is -5.08. The molecule has 3 atom stereocenters. The van der Waals surface area contributed by atoms with Gasteiger partial charge in [0.25, 0.3) is 0 Å². The highest BCUT2D eigenvalue weighted by Crippen LogP contribution is 2.36. The van der Waals surface area contributed by atoms with Gasteiger partial charge in [0.2, 0.25) is 5.91 Å². The first-order valence-electron chi connectivity index (χ1n) is 11.8. The van der Waals surface area contributed by atoms with Crippen LogP contribution in [0.25, 0.3) is 0 Å². The van der Waals surface area contributed by atoms with Gasteiger partial charge < -0.3 is 20.3 Å². The van der Waals surface area contributed by atoms with E-state index in [2.05, 4.69) is 15.2 Å². The number of fused-ring (bicyclic) bond motifs is 1. The van der Waals surface area contributed by atoms with E-state index >= 15 is 0 Å². The number of nitrogens with zero attached hydrogens (tertiary/aromatic N) is 2. The van der Waals surface area contributed by atoms with Crippen molar-refractivity contribution in [1.82, 2.24) is 15.2 Å². The van der Waals surface area contributed by atoms with Crippen LogP contribution in [0.3, 0.4) is 0 Å². The van der Waals surface area contributed by atoms with Crippen molar-refractivity contribution in [3.63, 3.8) is 0 Å². The quantitative estimate of drug-likeness (QED) is 0.472. The molecule has 0 bridgehead atoms. The molecule has 1 aromatic heterocycles. The Balaban J connectivity index is 0.000000301. The Morgan fingerprint density at radius 1 is 1.03 bits per heavy atom. The molecule has 214 valence electrons. The summed E-state index contributed by atoms with van der Waals surface area (Å²) in [5.41, 5.74) is 1.05. The van der Waals surface area contributed by atoms with Gasteiger partial charge in [0.05, 0.1) is 12.0 Å². The van der Waals surface area contributed by atoms with Gasteiger partial charge in [-0.1, -0.05) is 12.5 Å². The maximum atomic E-state index is 12.8. The molecule has 2 aliphatic heterocycles. The number of carboxylic acid groups (broad SMARTS) is 2. The molecule has 0 unspecified atom stereocenters. The maximum absolute atomic E-state index is 12.8. The number of carboxylic acids is 2. The highest BCUT2D eigenvalue weighted by Gasteiger charge is 2.44. The molecule has 3 fully saturated rings. The predicted molar refractivity (Wildman–Crippen MR) is 119 cm³/mol. The molecule has 38 heavy (non-hydrogen) atoms. The molecule has 3 heterocycles. The number of ether oxygens (including phenoxy) is 1. The van der Waals surface area contributed by atoms with Crippen LogP contribution in [-0.2, 0) is 25.7 Å². The normalized spacial score (nSPS) is 23.5. The first-order valence-corrected chi connectivity index (χ1v) is 11.8. The summed E-state index contributed by atoms with van der Waals surface area (Å²) in [6.07, 6.45) is -1.26. The molecule has 2 saturated heterocycles. The number of halogens is 6. The number of piperidine rings is 1. The minimum Gasteiger partial charge on any atom is -0.475 e. The van der Waals surface area contributed by atoms with Crippen LogP contribution in [0.1, 0.15) is 31.2 Å². The van der Waals surface area contributed by atoms with Crippen molar-refractivity contribution in [1.29, 1.82) is 0 Å². The predicted octanol–water partition coefficient (Wildman–Crippen LogP) is 3.10. The summed E-state index contributed by atoms with van der Waals surface area (Å²) < 4.78 is 69.4. The van der Waals surface area contributed by atoms with Crippen LogP contribution in [0.15, 0.2) is 24.5 Å². The van der Waals surface area contributed by atoms with E-state index in [0.717, 1.165) is 44.1 Å². The SMILES string of the molecule is O=C(NCc1cccnc1)[C@H]1CN(CC2CCC2)C[C@H]2OCC[C@@H]12.O=C(O)C(F)(F)F.O=C(O)C(F)(F)F. The van der Waals surface area contributed by atoms with Crippen LogP contribution in [-0.4, -0.2) is 82.6 Å². The molecule has 0 spiro atoms. The first-order chi connectivity index (χ1) is 17.7. The molecule has 1 saturated carbocycles. The average molecular weight is 557 g/mol. The summed E-state index contributed by atoms with van der Waals surface area (Å²) in [6.45, 7) is 4.40. The summed E-state index contributed by atoms with van der Waals surface area (Å²) in [5, 5.41) is 17.4. The lowest BCUT2D eigenvalue weighted by Crippen LogP contribution is -2.53. The standard InChI is InChI=1S/C19H27N3O2.2C2HF3O2/c23-19(21-10-15-5-2-7-20-9-15)17-12-22(11-14-3-1-4-14)13-18-16(17)6-8-24-18;2*3-2(4,5)1(6)7/h2,5,7,9,14,16-18H,1,3-4,6,8,10-13H2,(H,21,23);2*(H,6,7)/t16-,17-,18+;;/m0../s1. The Bertz CT molecular complexity index is 902. The van der Waals surface area contributed by atoms with E-state index in [1.165, 1.54) is 19.3 Å². The molecular formula is C23H29F6N3O6. The Morgan fingerprint density at radius 3 is 2.11 bits per heavy atom. The van der Waals surface area contributed by atoms with Gasteiger partial charge in [0.1, 0.15) is 0 Å². The fraction of sp³-hybridized carbons (Fsp3) is 0.652. The third kappa shape index (κ3) is 10.1. The van der Waals surface area contributed by atoms with Gasteiger partial charge in [-0.05, 0) is 36.8 Å².